The van der Waals surface area contributed by atoms with E-state index >= 15 is 0 Å². The van der Waals surface area contributed by atoms with E-state index < -0.39 is 17.6 Å². The molecule has 0 radical (unpaired) electrons. The molecule has 5 N–H and O–H groups in total. The average molecular weight is 366 g/mol. The summed E-state index contributed by atoms with van der Waals surface area (Å²) in [5, 5.41) is 10.9. The molecular weight excluding hydrogens is 351 g/mol. The predicted molar refractivity (Wildman–Crippen MR) is 73.0 cm³/mol. The molecule has 0 saturated heterocycles. The quantitative estimate of drug-likeness (QED) is 0.495. The number of amides is 1. The standard InChI is InChI=1S/C13H14F3N5O2.ClH/c14-13(15,16)9-4-2-1-3-8(9)7-18-5-6-19-12(22)10-11(17)21-23-20-10;/h1-4,18H,5-7H2,(H2,17,21)(H,19,22);1H. The molecule has 7 nitrogen and oxygen atoms in total. The highest BCUT2D eigenvalue weighted by molar-refractivity contribution is 5.95. The first-order valence-corrected chi connectivity index (χ1v) is 6.66. The van der Waals surface area contributed by atoms with Crippen molar-refractivity contribution in [3.05, 3.63) is 41.1 Å². The summed E-state index contributed by atoms with van der Waals surface area (Å²) >= 11 is 0. The van der Waals surface area contributed by atoms with Gasteiger partial charge >= 0.3 is 17.7 Å². The number of nitrogens with two attached hydrogens (primary N) is 1. The molecular formula is C13H15ClF3N5O2. The van der Waals surface area contributed by atoms with E-state index in [-0.39, 0.29) is 49.1 Å². The van der Waals surface area contributed by atoms with Gasteiger partial charge in [0.1, 0.15) is 5.16 Å². The summed E-state index contributed by atoms with van der Waals surface area (Å²) in [5.74, 6) is -0.542. The molecule has 0 atom stereocenters. The largest absolute Gasteiger partial charge is 1.00 e. The van der Waals surface area contributed by atoms with Crippen LogP contribution in [0.1, 0.15) is 21.6 Å². The Balaban J connectivity index is 0.00000288. The first-order valence-electron chi connectivity index (χ1n) is 6.66. The number of nitrogens with zero attached hydrogens (tertiary/aromatic N) is 1. The zero-order valence-corrected chi connectivity index (χ0v) is 13.0. The van der Waals surface area contributed by atoms with Gasteiger partial charge in [0.15, 0.2) is 0 Å². The van der Waals surface area contributed by atoms with Crippen LogP contribution in [0.2, 0.25) is 0 Å². The molecule has 0 fully saturated rings. The van der Waals surface area contributed by atoms with Crippen molar-refractivity contribution in [2.45, 2.75) is 12.7 Å². The summed E-state index contributed by atoms with van der Waals surface area (Å²) in [5.41, 5.74) is 4.80. The van der Waals surface area contributed by atoms with Gasteiger partial charge in [-0.2, -0.15) is 13.2 Å². The second-order valence-corrected chi connectivity index (χ2v) is 4.63. The summed E-state index contributed by atoms with van der Waals surface area (Å²) in [6.07, 6.45) is -4.40. The molecule has 24 heavy (non-hydrogen) atoms. The number of halogens is 4. The van der Waals surface area contributed by atoms with Crippen molar-refractivity contribution in [3.8, 4) is 0 Å². The van der Waals surface area contributed by atoms with E-state index in [9.17, 15) is 18.0 Å². The van der Waals surface area contributed by atoms with Gasteiger partial charge in [0.05, 0.1) is 5.56 Å². The van der Waals surface area contributed by atoms with E-state index in [1.54, 1.807) is 0 Å². The first kappa shape index (κ1) is 19.7. The summed E-state index contributed by atoms with van der Waals surface area (Å²) in [4.78, 5) is 11.6. The van der Waals surface area contributed by atoms with E-state index in [1.165, 1.54) is 18.2 Å². The van der Waals surface area contributed by atoms with Crippen LogP contribution in [0.25, 0.3) is 0 Å². The fourth-order valence-electron chi connectivity index (χ4n) is 1.90. The van der Waals surface area contributed by atoms with Gasteiger partial charge in [-0.3, -0.25) is 4.79 Å². The second kappa shape index (κ2) is 8.50. The number of rotatable bonds is 6. The Hall–Kier alpha value is -2.33. The fraction of sp³-hybridized carbons (Fsp3) is 0.308. The molecule has 2 rings (SSSR count). The zero-order valence-electron chi connectivity index (χ0n) is 12.3. The Morgan fingerprint density at radius 2 is 2.00 bits per heavy atom. The van der Waals surface area contributed by atoms with Gasteiger partial charge < -0.3 is 28.8 Å². The number of alkyl halides is 3. The van der Waals surface area contributed by atoms with Gasteiger partial charge in [-0.25, -0.2) is 0 Å². The Morgan fingerprint density at radius 1 is 1.29 bits per heavy atom. The molecule has 0 aliphatic rings. The van der Waals surface area contributed by atoms with Crippen LogP contribution in [0.4, 0.5) is 19.0 Å². The Bertz CT molecular complexity index is 678. The molecule has 1 aromatic carbocycles. The highest BCUT2D eigenvalue weighted by atomic mass is 35.5. The topological polar surface area (TPSA) is 107 Å². The fourth-order valence-corrected chi connectivity index (χ4v) is 1.90. The van der Waals surface area contributed by atoms with Crippen LogP contribution in [-0.4, -0.2) is 24.2 Å². The molecule has 0 bridgehead atoms. The van der Waals surface area contributed by atoms with Crippen LogP contribution in [0, 0.1) is 0 Å². The number of H-pyrrole nitrogens is 1. The van der Waals surface area contributed by atoms with Crippen molar-refractivity contribution >= 4 is 11.7 Å². The van der Waals surface area contributed by atoms with Gasteiger partial charge in [-0.05, 0) is 11.6 Å². The Morgan fingerprint density at radius 3 is 2.62 bits per heavy atom. The minimum absolute atomic E-state index is 0. The number of benzene rings is 1. The molecule has 1 amide bonds. The lowest BCUT2D eigenvalue weighted by Gasteiger charge is -2.13. The summed E-state index contributed by atoms with van der Waals surface area (Å²) in [6, 6.07) is 5.31. The minimum Gasteiger partial charge on any atom is -1.00 e. The maximum atomic E-state index is 12.8. The molecule has 1 heterocycles. The SMILES string of the molecule is Nc1[nH+]onc1C(=O)NCCNCc1ccccc1C(F)(F)F.[Cl-]. The second-order valence-electron chi connectivity index (χ2n) is 4.63. The average Bonchev–Trinajstić information content (AvgIpc) is 2.92. The molecule has 1 aromatic heterocycles. The number of carbonyl (C=O) groups excluding carboxylic acids is 1. The van der Waals surface area contributed by atoms with Crippen molar-refractivity contribution in [2.24, 2.45) is 0 Å². The van der Waals surface area contributed by atoms with Crippen LogP contribution in [0.15, 0.2) is 28.9 Å². The molecule has 0 unspecified atom stereocenters. The number of hydrogen-bond donors (Lipinski definition) is 3. The lowest BCUT2D eigenvalue weighted by Crippen LogP contribution is -3.00. The van der Waals surface area contributed by atoms with Crippen LogP contribution in [-0.2, 0) is 12.7 Å². The van der Waals surface area contributed by atoms with Gasteiger partial charge in [0, 0.05) is 19.6 Å². The maximum absolute atomic E-state index is 12.8. The number of nitrogens with one attached hydrogen (secondary N) is 3. The third kappa shape index (κ3) is 5.10. The molecule has 0 aliphatic heterocycles. The Kier molecular flexibility index (Phi) is 6.98. The van der Waals surface area contributed by atoms with Gasteiger partial charge in [0.2, 0.25) is 0 Å². The van der Waals surface area contributed by atoms with Crippen LogP contribution < -0.4 is 33.9 Å². The van der Waals surface area contributed by atoms with Crippen LogP contribution >= 0.6 is 0 Å². The smallest absolute Gasteiger partial charge is 0.416 e. The zero-order chi connectivity index (χ0) is 16.9. The van der Waals surface area contributed by atoms with Gasteiger partial charge in [0.25, 0.3) is 5.91 Å². The summed E-state index contributed by atoms with van der Waals surface area (Å²) < 4.78 is 42.8. The minimum atomic E-state index is -4.40. The van der Waals surface area contributed by atoms with E-state index in [0.717, 1.165) is 6.07 Å². The van der Waals surface area contributed by atoms with Crippen LogP contribution in [0.3, 0.4) is 0 Å². The third-order valence-corrected chi connectivity index (χ3v) is 2.99. The lowest BCUT2D eigenvalue weighted by atomic mass is 10.1. The van der Waals surface area contributed by atoms with E-state index in [1.807, 2.05) is 0 Å². The number of hydrogen-bond acceptors (Lipinski definition) is 5. The molecule has 11 heteroatoms. The number of carbonyl (C=O) groups is 1. The van der Waals surface area contributed by atoms with Gasteiger partial charge in [-0.1, -0.05) is 23.4 Å². The monoisotopic (exact) mass is 365 g/mol. The van der Waals surface area contributed by atoms with E-state index in [0.29, 0.717) is 0 Å². The lowest BCUT2D eigenvalue weighted by molar-refractivity contribution is -0.610. The van der Waals surface area contributed by atoms with Crippen molar-refractivity contribution in [3.63, 3.8) is 0 Å². The summed E-state index contributed by atoms with van der Waals surface area (Å²) in [6.45, 7) is 0.504. The van der Waals surface area contributed by atoms with Gasteiger partial charge in [-0.15, -0.1) is 4.63 Å². The number of aromatic amines is 1. The Labute approximate surface area is 141 Å². The van der Waals surface area contributed by atoms with E-state index in [4.69, 9.17) is 5.73 Å². The highest BCUT2D eigenvalue weighted by Gasteiger charge is 2.32. The van der Waals surface area contributed by atoms with Crippen LogP contribution in [0.5, 0.6) is 0 Å². The molecule has 2 aromatic rings. The molecule has 0 saturated carbocycles. The van der Waals surface area contributed by atoms with Crippen molar-refractivity contribution in [1.82, 2.24) is 15.8 Å². The number of nitrogen functional groups attached to an aromatic ring is 1. The summed E-state index contributed by atoms with van der Waals surface area (Å²) in [7, 11) is 0. The first-order chi connectivity index (χ1) is 10.9. The molecule has 0 spiro atoms. The molecule has 132 valence electrons. The van der Waals surface area contributed by atoms with Crippen molar-refractivity contribution in [2.75, 3.05) is 18.8 Å². The molecule has 0 aliphatic carbocycles. The maximum Gasteiger partial charge on any atom is 0.416 e. The van der Waals surface area contributed by atoms with Crippen molar-refractivity contribution < 1.29 is 40.2 Å². The highest BCUT2D eigenvalue weighted by Crippen LogP contribution is 2.31. The predicted octanol–water partition coefficient (Wildman–Crippen LogP) is -2.39. The van der Waals surface area contributed by atoms with Crippen molar-refractivity contribution in [1.29, 1.82) is 0 Å². The number of aromatic nitrogens is 2. The normalized spacial score (nSPS) is 11.0. The third-order valence-electron chi connectivity index (χ3n) is 2.99. The van der Waals surface area contributed by atoms with E-state index in [2.05, 4.69) is 25.6 Å². The number of anilines is 1.